The highest BCUT2D eigenvalue weighted by Crippen LogP contribution is 2.27. The first-order valence-corrected chi connectivity index (χ1v) is 5.42. The summed E-state index contributed by atoms with van der Waals surface area (Å²) >= 11 is 0. The maximum Gasteiger partial charge on any atom is 1.00 e. The zero-order valence-corrected chi connectivity index (χ0v) is 8.89. The number of rotatable bonds is 2. The zero-order chi connectivity index (χ0) is 10.8. The summed E-state index contributed by atoms with van der Waals surface area (Å²) in [7, 11) is 0. The molecule has 5 nitrogen and oxygen atoms in total. The van der Waals surface area contributed by atoms with E-state index in [4.69, 9.17) is 23.7 Å². The van der Waals surface area contributed by atoms with Gasteiger partial charge < -0.3 is 23.7 Å². The molecular weight excluding hydrogens is 212 g/mol. The van der Waals surface area contributed by atoms with Gasteiger partial charge in [0.1, 0.15) is 6.61 Å². The molecule has 2 saturated heterocycles. The van der Waals surface area contributed by atoms with Crippen molar-refractivity contribution in [1.82, 2.24) is 0 Å². The molecule has 5 heteroatoms. The van der Waals surface area contributed by atoms with Crippen molar-refractivity contribution in [2.24, 2.45) is 0 Å². The van der Waals surface area contributed by atoms with Crippen LogP contribution in [0.25, 0.3) is 0 Å². The average molecular weight is 227 g/mol. The molecule has 3 aliphatic heterocycles. The largest absolute Gasteiger partial charge is 1.00 e. The molecule has 0 amide bonds. The van der Waals surface area contributed by atoms with Crippen LogP contribution in [-0.4, -0.2) is 45.6 Å². The summed E-state index contributed by atoms with van der Waals surface area (Å²) in [5, 5.41) is 0. The van der Waals surface area contributed by atoms with Crippen molar-refractivity contribution < 1.29 is 25.1 Å². The van der Waals surface area contributed by atoms with E-state index in [1.807, 2.05) is 6.08 Å². The smallest absolute Gasteiger partial charge is 0.497 e. The van der Waals surface area contributed by atoms with Gasteiger partial charge in [-0.25, -0.2) is 0 Å². The van der Waals surface area contributed by atoms with Gasteiger partial charge in [-0.2, -0.15) is 0 Å². The van der Waals surface area contributed by atoms with Crippen LogP contribution in [0.3, 0.4) is 0 Å². The Labute approximate surface area is 95.0 Å². The second-order valence-electron chi connectivity index (χ2n) is 3.74. The standard InChI is InChI=1S/C11H14O5/c1-2-12-7-9(11-15-5-6-16-11)8(1)10-13-3-4-14-10/h1-2,10-11H,3-7H2/p+1. The van der Waals surface area contributed by atoms with E-state index in [9.17, 15) is 0 Å². The minimum atomic E-state index is -0.312. The van der Waals surface area contributed by atoms with E-state index in [2.05, 4.69) is 0 Å². The molecule has 0 aromatic rings. The Morgan fingerprint density at radius 2 is 1.56 bits per heavy atom. The van der Waals surface area contributed by atoms with Crippen LogP contribution in [0.5, 0.6) is 0 Å². The lowest BCUT2D eigenvalue weighted by molar-refractivity contribution is -0.0350. The fraction of sp³-hybridized carbons (Fsp3) is 0.636. The molecule has 2 fully saturated rings. The molecule has 0 unspecified atom stereocenters. The first-order chi connectivity index (χ1) is 7.95. The monoisotopic (exact) mass is 227 g/mol. The van der Waals surface area contributed by atoms with Gasteiger partial charge in [-0.3, -0.25) is 0 Å². The molecule has 0 radical (unpaired) electrons. The molecule has 16 heavy (non-hydrogen) atoms. The van der Waals surface area contributed by atoms with Gasteiger partial charge in [-0.1, -0.05) is 0 Å². The molecule has 0 saturated carbocycles. The van der Waals surface area contributed by atoms with E-state index in [0.717, 1.165) is 11.1 Å². The molecule has 0 aromatic heterocycles. The van der Waals surface area contributed by atoms with E-state index in [-0.39, 0.29) is 14.0 Å². The minimum absolute atomic E-state index is 0. The summed E-state index contributed by atoms with van der Waals surface area (Å²) in [6.07, 6.45) is 2.90. The van der Waals surface area contributed by atoms with Crippen molar-refractivity contribution >= 4 is 0 Å². The van der Waals surface area contributed by atoms with Crippen LogP contribution in [0.2, 0.25) is 0 Å². The molecule has 0 bridgehead atoms. The van der Waals surface area contributed by atoms with Gasteiger partial charge >= 0.3 is 1.43 Å². The predicted molar refractivity (Wildman–Crippen MR) is 54.6 cm³/mol. The van der Waals surface area contributed by atoms with Crippen LogP contribution in [-0.2, 0) is 23.7 Å². The topological polar surface area (TPSA) is 46.2 Å². The van der Waals surface area contributed by atoms with Gasteiger partial charge in [-0.15, -0.1) is 0 Å². The van der Waals surface area contributed by atoms with Crippen molar-refractivity contribution in [1.29, 1.82) is 0 Å². The van der Waals surface area contributed by atoms with Gasteiger partial charge in [0, 0.05) is 11.1 Å². The fourth-order valence-corrected chi connectivity index (χ4v) is 1.98. The maximum absolute atomic E-state index is 5.48. The van der Waals surface area contributed by atoms with Crippen LogP contribution in [0, 0.1) is 0 Å². The Morgan fingerprint density at radius 1 is 0.938 bits per heavy atom. The molecule has 3 heterocycles. The van der Waals surface area contributed by atoms with Crippen LogP contribution >= 0.6 is 0 Å². The number of ether oxygens (including phenoxy) is 5. The van der Waals surface area contributed by atoms with E-state index < -0.39 is 0 Å². The molecule has 0 aromatic carbocycles. The lowest BCUT2D eigenvalue weighted by atomic mass is 10.1. The molecule has 3 rings (SSSR count). The number of hydrogen-bond donors (Lipinski definition) is 0. The summed E-state index contributed by atoms with van der Waals surface area (Å²) in [5.41, 5.74) is 1.93. The third kappa shape index (κ3) is 1.87. The summed E-state index contributed by atoms with van der Waals surface area (Å²) in [6.45, 7) is 2.97. The van der Waals surface area contributed by atoms with Gasteiger partial charge in [-0.05, 0) is 6.08 Å². The Hall–Kier alpha value is -0.880. The van der Waals surface area contributed by atoms with E-state index in [1.165, 1.54) is 0 Å². The lowest BCUT2D eigenvalue weighted by Gasteiger charge is -2.23. The quantitative estimate of drug-likeness (QED) is 0.694. The third-order valence-corrected chi connectivity index (χ3v) is 2.74. The van der Waals surface area contributed by atoms with E-state index in [0.29, 0.717) is 33.0 Å². The van der Waals surface area contributed by atoms with Gasteiger partial charge in [0.05, 0.1) is 32.7 Å². The first-order valence-electron chi connectivity index (χ1n) is 5.42. The Morgan fingerprint density at radius 3 is 2.25 bits per heavy atom. The second-order valence-corrected chi connectivity index (χ2v) is 3.74. The molecule has 88 valence electrons. The Balaban J connectivity index is 0.00000108. The van der Waals surface area contributed by atoms with Crippen LogP contribution in [0.1, 0.15) is 1.43 Å². The fourth-order valence-electron chi connectivity index (χ4n) is 1.98. The summed E-state index contributed by atoms with van der Waals surface area (Å²) in [5.74, 6) is 0. The second kappa shape index (κ2) is 4.55. The molecule has 0 N–H and O–H groups in total. The van der Waals surface area contributed by atoms with Crippen molar-refractivity contribution in [3.8, 4) is 0 Å². The SMILES string of the molecule is C1=CC(C2OCCO2)=C(C2OCCO2)CO1.[H+]. The summed E-state index contributed by atoms with van der Waals surface area (Å²) in [6, 6.07) is 0. The van der Waals surface area contributed by atoms with Crippen LogP contribution in [0.4, 0.5) is 0 Å². The van der Waals surface area contributed by atoms with E-state index in [1.54, 1.807) is 6.26 Å². The lowest BCUT2D eigenvalue weighted by Crippen LogP contribution is -2.24. The predicted octanol–water partition coefficient (Wildman–Crippen LogP) is 0.685. The minimum Gasteiger partial charge on any atom is -0.497 e. The van der Waals surface area contributed by atoms with Crippen LogP contribution < -0.4 is 0 Å². The van der Waals surface area contributed by atoms with Gasteiger partial charge in [0.25, 0.3) is 0 Å². The molecule has 0 atom stereocenters. The first kappa shape index (κ1) is 10.3. The Kier molecular flexibility index (Phi) is 2.92. The van der Waals surface area contributed by atoms with E-state index >= 15 is 0 Å². The maximum atomic E-state index is 5.48. The van der Waals surface area contributed by atoms with Gasteiger partial charge in [0.15, 0.2) is 12.6 Å². The average Bonchev–Trinajstić information content (AvgIpc) is 3.03. The van der Waals surface area contributed by atoms with Crippen molar-refractivity contribution in [3.63, 3.8) is 0 Å². The third-order valence-electron chi connectivity index (χ3n) is 2.74. The molecule has 3 aliphatic rings. The zero-order valence-electron chi connectivity index (χ0n) is 9.89. The van der Waals surface area contributed by atoms with Crippen molar-refractivity contribution in [2.45, 2.75) is 12.6 Å². The van der Waals surface area contributed by atoms with Crippen molar-refractivity contribution in [3.05, 3.63) is 23.5 Å². The Bertz CT molecular complexity index is 316. The highest BCUT2D eigenvalue weighted by molar-refractivity contribution is 5.32. The number of hydrogen-bond acceptors (Lipinski definition) is 5. The van der Waals surface area contributed by atoms with Gasteiger partial charge in [0.2, 0.25) is 0 Å². The normalized spacial score (nSPS) is 27.8. The molecular formula is C11H15O5+. The molecule has 0 aliphatic carbocycles. The highest BCUT2D eigenvalue weighted by atomic mass is 16.7. The van der Waals surface area contributed by atoms with Crippen molar-refractivity contribution in [2.75, 3.05) is 33.0 Å². The molecule has 0 spiro atoms. The van der Waals surface area contributed by atoms with Crippen LogP contribution in [0.15, 0.2) is 23.5 Å². The summed E-state index contributed by atoms with van der Waals surface area (Å²) < 4.78 is 27.2. The highest BCUT2D eigenvalue weighted by Gasteiger charge is 2.30. The summed E-state index contributed by atoms with van der Waals surface area (Å²) in [4.78, 5) is 0.